The number of benzene rings is 4. The molecule has 2 aliphatic rings. The standard InChI is InChI=1S/C33H34N2Si/c1-33(2,3)34-36(27-16-6-4-7-17-27,28-18-8-5-9-19-28)32-22-31(29-20-12-13-21-30(29)32)35-23-25-14-10-11-15-26(25)24-35/h4-22,32,34H,23-24H2,1-3H3. The summed E-state index contributed by atoms with van der Waals surface area (Å²) in [6.45, 7) is 8.87. The van der Waals surface area contributed by atoms with Crippen LogP contribution in [0.5, 0.6) is 0 Å². The van der Waals surface area contributed by atoms with E-state index in [1.54, 1.807) is 0 Å². The first-order valence-electron chi connectivity index (χ1n) is 13.0. The zero-order valence-electron chi connectivity index (χ0n) is 21.4. The van der Waals surface area contributed by atoms with Crippen molar-refractivity contribution in [3.8, 4) is 0 Å². The first-order valence-corrected chi connectivity index (χ1v) is 15.1. The summed E-state index contributed by atoms with van der Waals surface area (Å²) in [7, 11) is -2.53. The Hall–Kier alpha value is -3.40. The summed E-state index contributed by atoms with van der Waals surface area (Å²) < 4.78 is 0. The second-order valence-electron chi connectivity index (χ2n) is 11.2. The molecule has 4 aromatic carbocycles. The van der Waals surface area contributed by atoms with Crippen molar-refractivity contribution in [1.29, 1.82) is 0 Å². The highest BCUT2D eigenvalue weighted by Gasteiger charge is 2.50. The van der Waals surface area contributed by atoms with Gasteiger partial charge in [-0.3, -0.25) is 0 Å². The van der Waals surface area contributed by atoms with Gasteiger partial charge in [0, 0.05) is 35.4 Å². The zero-order valence-corrected chi connectivity index (χ0v) is 22.4. The molecule has 0 bridgehead atoms. The Labute approximate surface area is 216 Å². The van der Waals surface area contributed by atoms with Gasteiger partial charge in [-0.1, -0.05) is 115 Å². The number of nitrogens with one attached hydrogen (secondary N) is 1. The van der Waals surface area contributed by atoms with E-state index in [1.165, 1.54) is 38.3 Å². The minimum absolute atomic E-state index is 0.0483. The molecule has 1 N–H and O–H groups in total. The predicted molar refractivity (Wildman–Crippen MR) is 154 cm³/mol. The van der Waals surface area contributed by atoms with Gasteiger partial charge in [0.05, 0.1) is 0 Å². The van der Waals surface area contributed by atoms with E-state index in [4.69, 9.17) is 0 Å². The van der Waals surface area contributed by atoms with Crippen LogP contribution in [0, 0.1) is 0 Å². The van der Waals surface area contributed by atoms with Crippen LogP contribution in [0.15, 0.2) is 115 Å². The van der Waals surface area contributed by atoms with Crippen LogP contribution in [0.25, 0.3) is 5.70 Å². The maximum atomic E-state index is 4.29. The van der Waals surface area contributed by atoms with Gasteiger partial charge in [0.25, 0.3) is 0 Å². The molecule has 0 spiro atoms. The lowest BCUT2D eigenvalue weighted by Gasteiger charge is -2.43. The summed E-state index contributed by atoms with van der Waals surface area (Å²) >= 11 is 0. The van der Waals surface area contributed by atoms with Crippen molar-refractivity contribution in [3.05, 3.63) is 138 Å². The van der Waals surface area contributed by atoms with Crippen LogP contribution in [0.1, 0.15) is 48.6 Å². The van der Waals surface area contributed by atoms with Crippen molar-refractivity contribution >= 4 is 24.3 Å². The summed E-state index contributed by atoms with van der Waals surface area (Å²) in [4.78, 5) is 6.87. The molecule has 180 valence electrons. The van der Waals surface area contributed by atoms with Crippen molar-refractivity contribution in [2.45, 2.75) is 44.9 Å². The third-order valence-electron chi connectivity index (χ3n) is 7.57. The highest BCUT2D eigenvalue weighted by Crippen LogP contribution is 2.44. The minimum Gasteiger partial charge on any atom is -0.363 e. The van der Waals surface area contributed by atoms with Gasteiger partial charge in [0.2, 0.25) is 8.24 Å². The Bertz CT molecular complexity index is 1340. The molecule has 1 atom stereocenters. The van der Waals surface area contributed by atoms with Crippen molar-refractivity contribution in [3.63, 3.8) is 0 Å². The van der Waals surface area contributed by atoms with E-state index in [-0.39, 0.29) is 11.1 Å². The molecule has 1 aliphatic carbocycles. The molecule has 0 saturated carbocycles. The Morgan fingerprint density at radius 2 is 1.17 bits per heavy atom. The van der Waals surface area contributed by atoms with Crippen LogP contribution in [0.4, 0.5) is 0 Å². The number of nitrogens with zero attached hydrogens (tertiary/aromatic N) is 1. The van der Waals surface area contributed by atoms with Gasteiger partial charge in [0.1, 0.15) is 0 Å². The van der Waals surface area contributed by atoms with Gasteiger partial charge >= 0.3 is 0 Å². The maximum Gasteiger partial charge on any atom is 0.201 e. The van der Waals surface area contributed by atoms with E-state index in [0.29, 0.717) is 0 Å². The highest BCUT2D eigenvalue weighted by molar-refractivity contribution is 7.02. The molecule has 0 aromatic heterocycles. The lowest BCUT2D eigenvalue weighted by molar-refractivity contribution is 0.423. The number of fused-ring (bicyclic) bond motifs is 2. The molecule has 1 heterocycles. The smallest absolute Gasteiger partial charge is 0.201 e. The van der Waals surface area contributed by atoms with E-state index in [9.17, 15) is 0 Å². The largest absolute Gasteiger partial charge is 0.363 e. The molecule has 2 nitrogen and oxygen atoms in total. The van der Waals surface area contributed by atoms with Crippen LogP contribution < -0.4 is 15.4 Å². The van der Waals surface area contributed by atoms with Crippen LogP contribution in [0.2, 0.25) is 0 Å². The monoisotopic (exact) mass is 486 g/mol. The number of allylic oxidation sites excluding steroid dienone is 1. The van der Waals surface area contributed by atoms with Crippen molar-refractivity contribution < 1.29 is 0 Å². The van der Waals surface area contributed by atoms with Crippen LogP contribution in [0.3, 0.4) is 0 Å². The second-order valence-corrected chi connectivity index (χ2v) is 14.8. The lowest BCUT2D eigenvalue weighted by Crippen LogP contribution is -2.75. The van der Waals surface area contributed by atoms with Gasteiger partial charge < -0.3 is 9.88 Å². The maximum absolute atomic E-state index is 4.29. The first kappa shape index (κ1) is 23.0. The molecule has 1 unspecified atom stereocenters. The van der Waals surface area contributed by atoms with Crippen LogP contribution in [-0.4, -0.2) is 18.7 Å². The molecule has 0 radical (unpaired) electrons. The Kier molecular flexibility index (Phi) is 5.70. The van der Waals surface area contributed by atoms with E-state index in [2.05, 4.69) is 146 Å². The highest BCUT2D eigenvalue weighted by atomic mass is 28.3. The number of hydrogen-bond donors (Lipinski definition) is 1. The van der Waals surface area contributed by atoms with Gasteiger partial charge in [-0.25, -0.2) is 0 Å². The van der Waals surface area contributed by atoms with E-state index >= 15 is 0 Å². The van der Waals surface area contributed by atoms with Crippen LogP contribution >= 0.6 is 0 Å². The first-order chi connectivity index (χ1) is 17.5. The molecule has 36 heavy (non-hydrogen) atoms. The summed E-state index contributed by atoms with van der Waals surface area (Å²) in [5.41, 5.74) is 7.33. The second kappa shape index (κ2) is 8.92. The minimum atomic E-state index is -2.53. The number of rotatable bonds is 5. The lowest BCUT2D eigenvalue weighted by atomic mass is 10.1. The summed E-state index contributed by atoms with van der Waals surface area (Å²) in [6, 6.07) is 40.5. The van der Waals surface area contributed by atoms with E-state index < -0.39 is 8.24 Å². The molecule has 0 amide bonds. The molecular weight excluding hydrogens is 452 g/mol. The topological polar surface area (TPSA) is 15.3 Å². The summed E-state index contributed by atoms with van der Waals surface area (Å²) in [5.74, 6) is 0. The van der Waals surface area contributed by atoms with Crippen molar-refractivity contribution in [1.82, 2.24) is 9.88 Å². The quantitative estimate of drug-likeness (QED) is 0.357. The Morgan fingerprint density at radius 3 is 1.72 bits per heavy atom. The van der Waals surface area contributed by atoms with Gasteiger partial charge in [-0.2, -0.15) is 0 Å². The third-order valence-corrected chi connectivity index (χ3v) is 12.6. The average molecular weight is 487 g/mol. The summed E-state index contributed by atoms with van der Waals surface area (Å²) in [5, 5.41) is 2.85. The fourth-order valence-electron chi connectivity index (χ4n) is 6.22. The van der Waals surface area contributed by atoms with Crippen LogP contribution in [-0.2, 0) is 13.1 Å². The molecular formula is C33H34N2Si. The predicted octanol–water partition coefficient (Wildman–Crippen LogP) is 5.83. The fourth-order valence-corrected chi connectivity index (χ4v) is 11.5. The molecule has 4 aromatic rings. The zero-order chi connectivity index (χ0) is 24.8. The molecule has 3 heteroatoms. The van der Waals surface area contributed by atoms with Crippen molar-refractivity contribution in [2.75, 3.05) is 0 Å². The average Bonchev–Trinajstić information content (AvgIpc) is 3.50. The fraction of sp³-hybridized carbons (Fsp3) is 0.212. The molecule has 0 fully saturated rings. The summed E-state index contributed by atoms with van der Waals surface area (Å²) in [6.07, 6.45) is 2.60. The Balaban J connectivity index is 1.57. The van der Waals surface area contributed by atoms with E-state index in [1.807, 2.05) is 0 Å². The molecule has 1 aliphatic heterocycles. The van der Waals surface area contributed by atoms with E-state index in [0.717, 1.165) is 13.1 Å². The van der Waals surface area contributed by atoms with Gasteiger partial charge in [-0.05, 0) is 47.8 Å². The molecule has 6 rings (SSSR count). The Morgan fingerprint density at radius 1 is 0.667 bits per heavy atom. The third kappa shape index (κ3) is 3.93. The number of hydrogen-bond acceptors (Lipinski definition) is 2. The van der Waals surface area contributed by atoms with Gasteiger partial charge in [0.15, 0.2) is 0 Å². The van der Waals surface area contributed by atoms with Crippen molar-refractivity contribution in [2.24, 2.45) is 0 Å². The SMILES string of the molecule is CC(C)(C)N[Si](c1ccccc1)(c1ccccc1)C1C=C(N2Cc3ccccc3C2)c2ccccc21. The normalized spacial score (nSPS) is 17.0. The van der Waals surface area contributed by atoms with Gasteiger partial charge in [-0.15, -0.1) is 0 Å². The molecule has 0 saturated heterocycles.